The summed E-state index contributed by atoms with van der Waals surface area (Å²) in [6.45, 7) is -3.31. The van der Waals surface area contributed by atoms with E-state index in [-0.39, 0.29) is 5.56 Å². The van der Waals surface area contributed by atoms with Crippen molar-refractivity contribution >= 4 is 23.1 Å². The summed E-state index contributed by atoms with van der Waals surface area (Å²) in [4.78, 5) is 20.3. The molecule has 0 fully saturated rings. The second kappa shape index (κ2) is 8.33. The van der Waals surface area contributed by atoms with Crippen LogP contribution in [0.5, 0.6) is 5.75 Å². The first kappa shape index (κ1) is 19.1. The summed E-state index contributed by atoms with van der Waals surface area (Å²) < 4.78 is 55.9. The monoisotopic (exact) mass is 392 g/mol. The molecule has 0 atom stereocenters. The third-order valence-electron chi connectivity index (χ3n) is 3.45. The largest absolute Gasteiger partial charge is 0.432 e. The summed E-state index contributed by atoms with van der Waals surface area (Å²) >= 11 is 0. The molecule has 0 aliphatic heterocycles. The molecule has 10 heteroatoms. The van der Waals surface area contributed by atoms with Crippen LogP contribution in [0.15, 0.2) is 55.0 Å². The number of hydrogen-bond donors (Lipinski definition) is 2. The zero-order valence-corrected chi connectivity index (χ0v) is 14.0. The number of rotatable bonds is 6. The molecular formula is C18H12F4N4O2. The summed E-state index contributed by atoms with van der Waals surface area (Å²) in [5.74, 6) is -3.61. The minimum absolute atomic E-state index is 0.140. The maximum Gasteiger partial charge on any atom is 0.387 e. The molecule has 0 spiro atoms. The van der Waals surface area contributed by atoms with Gasteiger partial charge < -0.3 is 15.4 Å². The lowest BCUT2D eigenvalue weighted by molar-refractivity contribution is -0.0523. The number of amides is 1. The summed E-state index contributed by atoms with van der Waals surface area (Å²) in [6, 6.07) is 7.16. The van der Waals surface area contributed by atoms with Gasteiger partial charge in [-0.3, -0.25) is 9.78 Å². The molecule has 0 unspecified atom stereocenters. The lowest BCUT2D eigenvalue weighted by Gasteiger charge is -2.11. The van der Waals surface area contributed by atoms with Gasteiger partial charge in [0.25, 0.3) is 5.91 Å². The Balaban J connectivity index is 1.76. The van der Waals surface area contributed by atoms with Crippen molar-refractivity contribution in [2.45, 2.75) is 6.61 Å². The average molecular weight is 392 g/mol. The topological polar surface area (TPSA) is 76.1 Å². The molecule has 144 valence electrons. The first-order valence-electron chi connectivity index (χ1n) is 7.80. The molecule has 1 amide bonds. The van der Waals surface area contributed by atoms with Crippen molar-refractivity contribution in [1.82, 2.24) is 9.97 Å². The van der Waals surface area contributed by atoms with E-state index in [0.29, 0.717) is 23.6 Å². The van der Waals surface area contributed by atoms with Gasteiger partial charge in [0.15, 0.2) is 17.4 Å². The number of carbonyl (C=O) groups excluding carboxylic acids is 1. The van der Waals surface area contributed by atoms with Crippen LogP contribution in [-0.2, 0) is 0 Å². The van der Waals surface area contributed by atoms with Gasteiger partial charge in [-0.2, -0.15) is 8.78 Å². The highest BCUT2D eigenvalue weighted by Gasteiger charge is 2.17. The molecule has 0 saturated heterocycles. The minimum atomic E-state index is -3.31. The quantitative estimate of drug-likeness (QED) is 0.610. The molecule has 0 saturated carbocycles. The number of ether oxygens (including phenoxy) is 1. The molecule has 0 bridgehead atoms. The standard InChI is InChI=1S/C18H12F4N4O2/c19-12-8-15(28-18(21)22)13(20)7-14(12)26-17(27)10-2-1-3-11(6-10)25-16-9-23-4-5-24-16/h1-9,18H,(H,24,25)(H,26,27). The SMILES string of the molecule is O=C(Nc1cc(F)c(OC(F)F)cc1F)c1cccc(Nc2cnccn2)c1. The number of nitrogens with zero attached hydrogens (tertiary/aromatic N) is 2. The molecular weight excluding hydrogens is 380 g/mol. The van der Waals surface area contributed by atoms with Crippen molar-refractivity contribution in [1.29, 1.82) is 0 Å². The second-order valence-electron chi connectivity index (χ2n) is 5.39. The molecule has 28 heavy (non-hydrogen) atoms. The normalized spacial score (nSPS) is 10.6. The Bertz CT molecular complexity index is 987. The van der Waals surface area contributed by atoms with Gasteiger partial charge in [0.1, 0.15) is 5.82 Å². The van der Waals surface area contributed by atoms with E-state index in [2.05, 4.69) is 25.3 Å². The van der Waals surface area contributed by atoms with Gasteiger partial charge in [0.05, 0.1) is 11.9 Å². The molecule has 2 aromatic carbocycles. The maximum absolute atomic E-state index is 14.0. The Kier molecular flexibility index (Phi) is 5.68. The predicted molar refractivity (Wildman–Crippen MR) is 92.7 cm³/mol. The van der Waals surface area contributed by atoms with Crippen LogP contribution in [0.25, 0.3) is 0 Å². The Labute approximate surface area is 156 Å². The highest BCUT2D eigenvalue weighted by molar-refractivity contribution is 6.05. The molecule has 0 aliphatic rings. The van der Waals surface area contributed by atoms with Crippen LogP contribution in [0.4, 0.5) is 34.8 Å². The van der Waals surface area contributed by atoms with Crippen molar-refractivity contribution in [2.24, 2.45) is 0 Å². The van der Waals surface area contributed by atoms with Crippen LogP contribution >= 0.6 is 0 Å². The smallest absolute Gasteiger partial charge is 0.387 e. The molecule has 3 aromatic rings. The Hall–Kier alpha value is -3.69. The van der Waals surface area contributed by atoms with E-state index in [0.717, 1.165) is 0 Å². The lowest BCUT2D eigenvalue weighted by Crippen LogP contribution is -2.14. The number of aromatic nitrogens is 2. The first-order valence-corrected chi connectivity index (χ1v) is 7.80. The van der Waals surface area contributed by atoms with Crippen LogP contribution in [0.2, 0.25) is 0 Å². The number of anilines is 3. The number of benzene rings is 2. The fraction of sp³-hybridized carbons (Fsp3) is 0.0556. The van der Waals surface area contributed by atoms with Crippen molar-refractivity contribution in [2.75, 3.05) is 10.6 Å². The van der Waals surface area contributed by atoms with E-state index in [9.17, 15) is 22.4 Å². The van der Waals surface area contributed by atoms with E-state index in [1.54, 1.807) is 12.1 Å². The average Bonchev–Trinajstić information content (AvgIpc) is 2.66. The van der Waals surface area contributed by atoms with Crippen LogP contribution < -0.4 is 15.4 Å². The van der Waals surface area contributed by atoms with E-state index < -0.39 is 35.6 Å². The van der Waals surface area contributed by atoms with E-state index in [1.807, 2.05) is 0 Å². The van der Waals surface area contributed by atoms with Gasteiger partial charge in [0.2, 0.25) is 0 Å². The fourth-order valence-corrected chi connectivity index (χ4v) is 2.25. The summed E-state index contributed by atoms with van der Waals surface area (Å²) in [5.41, 5.74) is 0.137. The molecule has 0 radical (unpaired) electrons. The van der Waals surface area contributed by atoms with Gasteiger partial charge in [-0.25, -0.2) is 13.8 Å². The van der Waals surface area contributed by atoms with Gasteiger partial charge in [-0.05, 0) is 18.2 Å². The Morgan fingerprint density at radius 2 is 1.89 bits per heavy atom. The summed E-state index contributed by atoms with van der Waals surface area (Å²) in [5, 5.41) is 5.12. The number of alkyl halides is 2. The third-order valence-corrected chi connectivity index (χ3v) is 3.45. The van der Waals surface area contributed by atoms with Gasteiger partial charge in [-0.15, -0.1) is 0 Å². The summed E-state index contributed by atoms with van der Waals surface area (Å²) in [6.07, 6.45) is 4.46. The highest BCUT2D eigenvalue weighted by Crippen LogP contribution is 2.27. The molecule has 2 N–H and O–H groups in total. The first-order chi connectivity index (χ1) is 13.4. The minimum Gasteiger partial charge on any atom is -0.432 e. The molecule has 3 rings (SSSR count). The Morgan fingerprint density at radius 3 is 2.61 bits per heavy atom. The van der Waals surface area contributed by atoms with Crippen molar-refractivity contribution in [3.05, 3.63) is 72.2 Å². The second-order valence-corrected chi connectivity index (χ2v) is 5.39. The maximum atomic E-state index is 14.0. The van der Waals surface area contributed by atoms with Crippen LogP contribution in [-0.4, -0.2) is 22.5 Å². The number of hydrogen-bond acceptors (Lipinski definition) is 5. The molecule has 1 heterocycles. The van der Waals surface area contributed by atoms with E-state index >= 15 is 0 Å². The van der Waals surface area contributed by atoms with Crippen LogP contribution in [0.1, 0.15) is 10.4 Å². The van der Waals surface area contributed by atoms with Crippen molar-refractivity contribution in [3.8, 4) is 5.75 Å². The number of halogens is 4. The van der Waals surface area contributed by atoms with Crippen molar-refractivity contribution in [3.63, 3.8) is 0 Å². The molecule has 6 nitrogen and oxygen atoms in total. The number of nitrogens with one attached hydrogen (secondary N) is 2. The van der Waals surface area contributed by atoms with E-state index in [4.69, 9.17) is 0 Å². The highest BCUT2D eigenvalue weighted by atomic mass is 19.3. The van der Waals surface area contributed by atoms with Crippen molar-refractivity contribution < 1.29 is 27.1 Å². The van der Waals surface area contributed by atoms with Crippen LogP contribution in [0, 0.1) is 11.6 Å². The van der Waals surface area contributed by atoms with E-state index in [1.165, 1.54) is 30.7 Å². The van der Waals surface area contributed by atoms with Gasteiger partial charge in [-0.1, -0.05) is 6.07 Å². The van der Waals surface area contributed by atoms with Gasteiger partial charge >= 0.3 is 6.61 Å². The molecule has 1 aromatic heterocycles. The zero-order valence-electron chi connectivity index (χ0n) is 14.0. The summed E-state index contributed by atoms with van der Waals surface area (Å²) in [7, 11) is 0. The predicted octanol–water partition coefficient (Wildman–Crippen LogP) is 4.35. The Morgan fingerprint density at radius 1 is 1.07 bits per heavy atom. The molecule has 0 aliphatic carbocycles. The lowest BCUT2D eigenvalue weighted by atomic mass is 10.1. The van der Waals surface area contributed by atoms with Crippen LogP contribution in [0.3, 0.4) is 0 Å². The van der Waals surface area contributed by atoms with Gasteiger partial charge in [0, 0.05) is 35.8 Å². The third kappa shape index (κ3) is 4.72. The fourth-order valence-electron chi connectivity index (χ4n) is 2.25. The number of carbonyl (C=O) groups is 1. The zero-order chi connectivity index (χ0) is 20.1.